The largest absolute Gasteiger partial charge is 0.352 e. The van der Waals surface area contributed by atoms with Gasteiger partial charge in [0.15, 0.2) is 0 Å². The highest BCUT2D eigenvalue weighted by Crippen LogP contribution is 2.13. The van der Waals surface area contributed by atoms with Crippen LogP contribution in [-0.2, 0) is 11.3 Å². The molecule has 1 heterocycles. The Kier molecular flexibility index (Phi) is 5.36. The number of amides is 1. The first-order valence-electron chi connectivity index (χ1n) is 7.03. The summed E-state index contributed by atoms with van der Waals surface area (Å²) in [6.07, 6.45) is 2.64. The van der Waals surface area contributed by atoms with Gasteiger partial charge in [-0.1, -0.05) is 30.3 Å². The van der Waals surface area contributed by atoms with E-state index in [1.807, 2.05) is 6.07 Å². The summed E-state index contributed by atoms with van der Waals surface area (Å²) < 4.78 is 0. The van der Waals surface area contributed by atoms with E-state index in [9.17, 15) is 4.79 Å². The second kappa shape index (κ2) is 7.26. The molecule has 0 bridgehead atoms. The zero-order valence-corrected chi connectivity index (χ0v) is 11.3. The van der Waals surface area contributed by atoms with Gasteiger partial charge in [0.25, 0.3) is 0 Å². The van der Waals surface area contributed by atoms with E-state index in [0.717, 1.165) is 32.5 Å². The summed E-state index contributed by atoms with van der Waals surface area (Å²) in [6, 6.07) is 10.7. The third kappa shape index (κ3) is 4.65. The lowest BCUT2D eigenvalue weighted by atomic mass is 10.0. The quantitative estimate of drug-likeness (QED) is 0.835. The maximum absolute atomic E-state index is 11.6. The average Bonchev–Trinajstić information content (AvgIpc) is 2.40. The van der Waals surface area contributed by atoms with Crippen molar-refractivity contribution in [1.29, 1.82) is 0 Å². The average molecular weight is 261 g/mol. The van der Waals surface area contributed by atoms with Crippen LogP contribution < -0.4 is 11.1 Å². The normalized spacial score (nSPS) is 20.2. The van der Waals surface area contributed by atoms with Crippen molar-refractivity contribution in [1.82, 2.24) is 10.2 Å². The monoisotopic (exact) mass is 261 g/mol. The summed E-state index contributed by atoms with van der Waals surface area (Å²) in [7, 11) is 0. The number of benzene rings is 1. The van der Waals surface area contributed by atoms with E-state index in [-0.39, 0.29) is 11.9 Å². The predicted octanol–water partition coefficient (Wildman–Crippen LogP) is 1.12. The molecule has 2 rings (SSSR count). The van der Waals surface area contributed by atoms with Crippen molar-refractivity contribution in [2.24, 2.45) is 5.73 Å². The van der Waals surface area contributed by atoms with Gasteiger partial charge in [-0.15, -0.1) is 0 Å². The van der Waals surface area contributed by atoms with Gasteiger partial charge in [-0.2, -0.15) is 0 Å². The Morgan fingerprint density at radius 3 is 2.89 bits per heavy atom. The topological polar surface area (TPSA) is 58.4 Å². The van der Waals surface area contributed by atoms with Crippen molar-refractivity contribution in [2.45, 2.75) is 31.8 Å². The molecule has 0 aliphatic carbocycles. The van der Waals surface area contributed by atoms with Gasteiger partial charge in [-0.3, -0.25) is 9.69 Å². The highest BCUT2D eigenvalue weighted by molar-refractivity contribution is 5.76. The highest BCUT2D eigenvalue weighted by atomic mass is 16.1. The molecule has 3 N–H and O–H groups in total. The number of rotatable bonds is 5. The fourth-order valence-corrected chi connectivity index (χ4v) is 2.59. The van der Waals surface area contributed by atoms with Crippen molar-refractivity contribution in [3.63, 3.8) is 0 Å². The third-order valence-electron chi connectivity index (χ3n) is 3.49. The molecule has 1 aromatic carbocycles. The smallest absolute Gasteiger partial charge is 0.221 e. The predicted molar refractivity (Wildman–Crippen MR) is 76.6 cm³/mol. The van der Waals surface area contributed by atoms with Crippen LogP contribution in [0.2, 0.25) is 0 Å². The minimum Gasteiger partial charge on any atom is -0.352 e. The summed E-state index contributed by atoms with van der Waals surface area (Å²) in [6.45, 7) is 3.43. The molecule has 0 saturated carbocycles. The first-order chi connectivity index (χ1) is 9.28. The summed E-state index contributed by atoms with van der Waals surface area (Å²) in [4.78, 5) is 14.0. The zero-order valence-electron chi connectivity index (χ0n) is 11.3. The number of piperidine rings is 1. The molecule has 1 aliphatic heterocycles. The van der Waals surface area contributed by atoms with Crippen molar-refractivity contribution >= 4 is 5.91 Å². The molecule has 4 nitrogen and oxygen atoms in total. The number of likely N-dealkylation sites (tertiary alicyclic amines) is 1. The summed E-state index contributed by atoms with van der Waals surface area (Å²) >= 11 is 0. The van der Waals surface area contributed by atoms with Crippen LogP contribution in [0.25, 0.3) is 0 Å². The third-order valence-corrected chi connectivity index (χ3v) is 3.49. The maximum atomic E-state index is 11.6. The van der Waals surface area contributed by atoms with Gasteiger partial charge < -0.3 is 11.1 Å². The van der Waals surface area contributed by atoms with Crippen molar-refractivity contribution in [3.05, 3.63) is 35.9 Å². The van der Waals surface area contributed by atoms with E-state index in [0.29, 0.717) is 13.0 Å². The van der Waals surface area contributed by atoms with Gasteiger partial charge in [-0.05, 0) is 24.9 Å². The molecule has 19 heavy (non-hydrogen) atoms. The molecule has 0 aromatic heterocycles. The van der Waals surface area contributed by atoms with Crippen molar-refractivity contribution < 1.29 is 4.79 Å². The highest BCUT2D eigenvalue weighted by Gasteiger charge is 2.20. The van der Waals surface area contributed by atoms with Gasteiger partial charge >= 0.3 is 0 Å². The molecule has 104 valence electrons. The van der Waals surface area contributed by atoms with Crippen LogP contribution in [0.4, 0.5) is 0 Å². The molecule has 1 aliphatic rings. The van der Waals surface area contributed by atoms with Crippen LogP contribution in [0, 0.1) is 0 Å². The summed E-state index contributed by atoms with van der Waals surface area (Å²) in [5.74, 6) is 0.0778. The van der Waals surface area contributed by atoms with Gasteiger partial charge in [0, 0.05) is 32.1 Å². The van der Waals surface area contributed by atoms with E-state index in [1.54, 1.807) is 0 Å². The minimum absolute atomic E-state index is 0.0778. The Bertz CT molecular complexity index is 394. The molecule has 4 heteroatoms. The van der Waals surface area contributed by atoms with Crippen LogP contribution in [0.1, 0.15) is 24.8 Å². The Morgan fingerprint density at radius 1 is 1.37 bits per heavy atom. The van der Waals surface area contributed by atoms with Crippen LogP contribution in [0.15, 0.2) is 30.3 Å². The van der Waals surface area contributed by atoms with Crippen LogP contribution >= 0.6 is 0 Å². The molecule has 1 atom stereocenters. The Balaban J connectivity index is 1.82. The van der Waals surface area contributed by atoms with Crippen LogP contribution in [0.3, 0.4) is 0 Å². The van der Waals surface area contributed by atoms with Gasteiger partial charge in [0.05, 0.1) is 0 Å². The minimum atomic E-state index is 0.0778. The van der Waals surface area contributed by atoms with Gasteiger partial charge in [-0.25, -0.2) is 0 Å². The van der Waals surface area contributed by atoms with E-state index >= 15 is 0 Å². The number of nitrogens with one attached hydrogen (secondary N) is 1. The number of carbonyl (C=O) groups is 1. The lowest BCUT2D eigenvalue weighted by Crippen LogP contribution is -2.47. The molecule has 1 unspecified atom stereocenters. The number of hydrogen-bond acceptors (Lipinski definition) is 3. The molecule has 0 spiro atoms. The molecule has 1 saturated heterocycles. The van der Waals surface area contributed by atoms with E-state index < -0.39 is 0 Å². The molecule has 1 aromatic rings. The van der Waals surface area contributed by atoms with Gasteiger partial charge in [0.1, 0.15) is 0 Å². The second-order valence-corrected chi connectivity index (χ2v) is 5.17. The SMILES string of the molecule is NCCC(=O)NC1CCCN(Cc2ccccc2)C1. The number of nitrogens with zero attached hydrogens (tertiary/aromatic N) is 1. The molecular weight excluding hydrogens is 238 g/mol. The van der Waals surface area contributed by atoms with Gasteiger partial charge in [0.2, 0.25) is 5.91 Å². The van der Waals surface area contributed by atoms with Crippen LogP contribution in [-0.4, -0.2) is 36.5 Å². The van der Waals surface area contributed by atoms with E-state index in [4.69, 9.17) is 5.73 Å². The van der Waals surface area contributed by atoms with E-state index in [2.05, 4.69) is 34.5 Å². The number of carbonyl (C=O) groups excluding carboxylic acids is 1. The lowest BCUT2D eigenvalue weighted by Gasteiger charge is -2.33. The lowest BCUT2D eigenvalue weighted by molar-refractivity contribution is -0.122. The zero-order chi connectivity index (χ0) is 13.5. The van der Waals surface area contributed by atoms with Crippen LogP contribution in [0.5, 0.6) is 0 Å². The molecular formula is C15H23N3O. The summed E-state index contributed by atoms with van der Waals surface area (Å²) in [5.41, 5.74) is 6.72. The second-order valence-electron chi connectivity index (χ2n) is 5.17. The fraction of sp³-hybridized carbons (Fsp3) is 0.533. The first-order valence-corrected chi connectivity index (χ1v) is 7.03. The Labute approximate surface area is 115 Å². The van der Waals surface area contributed by atoms with E-state index in [1.165, 1.54) is 5.56 Å². The number of nitrogens with two attached hydrogens (primary N) is 1. The standard InChI is InChI=1S/C15H23N3O/c16-9-8-15(19)17-14-7-4-10-18(12-14)11-13-5-2-1-3-6-13/h1-3,5-6,14H,4,7-12,16H2,(H,17,19). The molecule has 1 amide bonds. The Morgan fingerprint density at radius 2 is 2.16 bits per heavy atom. The summed E-state index contributed by atoms with van der Waals surface area (Å²) in [5, 5.41) is 3.07. The van der Waals surface area contributed by atoms with Crippen molar-refractivity contribution in [2.75, 3.05) is 19.6 Å². The first kappa shape index (κ1) is 14.0. The molecule has 0 radical (unpaired) electrons. The Hall–Kier alpha value is -1.39. The maximum Gasteiger partial charge on any atom is 0.221 e. The fourth-order valence-electron chi connectivity index (χ4n) is 2.59. The van der Waals surface area contributed by atoms with Crippen molar-refractivity contribution in [3.8, 4) is 0 Å². The molecule has 1 fully saturated rings. The number of hydrogen-bond donors (Lipinski definition) is 2.